The van der Waals surface area contributed by atoms with Gasteiger partial charge in [0.2, 0.25) is 0 Å². The van der Waals surface area contributed by atoms with Crippen molar-refractivity contribution in [1.82, 2.24) is 10.4 Å². The lowest BCUT2D eigenvalue weighted by atomic mass is 10.1. The van der Waals surface area contributed by atoms with Crippen LogP contribution in [0, 0.1) is 0 Å². The number of hydrazine groups is 1. The highest BCUT2D eigenvalue weighted by Crippen LogP contribution is 2.22. The van der Waals surface area contributed by atoms with Crippen LogP contribution in [0.2, 0.25) is 0 Å². The van der Waals surface area contributed by atoms with Crippen molar-refractivity contribution in [2.24, 2.45) is 4.99 Å². The van der Waals surface area contributed by atoms with Gasteiger partial charge in [-0.3, -0.25) is 9.79 Å². The third kappa shape index (κ3) is 0.858. The van der Waals surface area contributed by atoms with Gasteiger partial charge in [-0.05, 0) is 6.07 Å². The fraction of sp³-hybridized carbons (Fsp3) is 0.200. The van der Waals surface area contributed by atoms with Gasteiger partial charge in [-0.1, -0.05) is 18.2 Å². The van der Waals surface area contributed by atoms with Gasteiger partial charge in [-0.25, -0.2) is 10.4 Å². The minimum Gasteiger partial charge on any atom is -0.267 e. The SMILES string of the molecule is O=C1c2ccccc2C2=NCCNN12. The monoisotopic (exact) mass is 187 g/mol. The Morgan fingerprint density at radius 2 is 2.07 bits per heavy atom. The van der Waals surface area contributed by atoms with Crippen LogP contribution in [0.4, 0.5) is 0 Å². The van der Waals surface area contributed by atoms with Crippen LogP contribution in [0.1, 0.15) is 15.9 Å². The van der Waals surface area contributed by atoms with E-state index < -0.39 is 0 Å². The molecule has 0 saturated carbocycles. The van der Waals surface area contributed by atoms with Crippen LogP contribution in [-0.2, 0) is 0 Å². The number of carbonyl (C=O) groups is 1. The van der Waals surface area contributed by atoms with Gasteiger partial charge >= 0.3 is 0 Å². The first-order valence-corrected chi connectivity index (χ1v) is 4.60. The van der Waals surface area contributed by atoms with E-state index in [4.69, 9.17) is 0 Å². The van der Waals surface area contributed by atoms with E-state index in [0.717, 1.165) is 30.1 Å². The van der Waals surface area contributed by atoms with Gasteiger partial charge in [0.15, 0.2) is 5.84 Å². The summed E-state index contributed by atoms with van der Waals surface area (Å²) in [5.41, 5.74) is 4.70. The minimum absolute atomic E-state index is 0.000880. The lowest BCUT2D eigenvalue weighted by Crippen LogP contribution is -2.47. The van der Waals surface area contributed by atoms with Crippen LogP contribution in [0.25, 0.3) is 0 Å². The summed E-state index contributed by atoms with van der Waals surface area (Å²) in [5.74, 6) is 0.760. The van der Waals surface area contributed by atoms with Crippen LogP contribution < -0.4 is 5.43 Å². The molecule has 0 aromatic heterocycles. The van der Waals surface area contributed by atoms with Gasteiger partial charge in [0.05, 0.1) is 12.1 Å². The van der Waals surface area contributed by atoms with Gasteiger partial charge < -0.3 is 0 Å². The molecule has 0 bridgehead atoms. The van der Waals surface area contributed by atoms with Gasteiger partial charge in [0.25, 0.3) is 5.91 Å². The Kier molecular flexibility index (Phi) is 1.46. The first-order valence-electron chi connectivity index (χ1n) is 4.60. The van der Waals surface area contributed by atoms with Crippen molar-refractivity contribution in [2.45, 2.75) is 0 Å². The molecule has 0 spiro atoms. The molecule has 2 aliphatic heterocycles. The molecule has 1 amide bonds. The average molecular weight is 187 g/mol. The van der Waals surface area contributed by atoms with Crippen LogP contribution in [0.3, 0.4) is 0 Å². The number of carbonyl (C=O) groups excluding carboxylic acids is 1. The molecule has 70 valence electrons. The number of fused-ring (bicyclic) bond motifs is 3. The predicted molar refractivity (Wildman–Crippen MR) is 52.0 cm³/mol. The number of hydrogen-bond acceptors (Lipinski definition) is 3. The lowest BCUT2D eigenvalue weighted by molar-refractivity contribution is 0.0802. The number of amides is 1. The molecule has 3 rings (SSSR count). The van der Waals surface area contributed by atoms with Crippen LogP contribution in [-0.4, -0.2) is 29.8 Å². The van der Waals surface area contributed by atoms with Crippen molar-refractivity contribution in [1.29, 1.82) is 0 Å². The van der Waals surface area contributed by atoms with Crippen molar-refractivity contribution in [3.05, 3.63) is 35.4 Å². The second kappa shape index (κ2) is 2.65. The number of nitrogens with one attached hydrogen (secondary N) is 1. The predicted octanol–water partition coefficient (Wildman–Crippen LogP) is 0.407. The highest BCUT2D eigenvalue weighted by atomic mass is 16.2. The smallest absolute Gasteiger partial charge is 0.267 e. The van der Waals surface area contributed by atoms with Crippen molar-refractivity contribution in [2.75, 3.05) is 13.1 Å². The zero-order valence-electron chi connectivity index (χ0n) is 7.53. The molecule has 1 N–H and O–H groups in total. The molecule has 1 aromatic carbocycles. The highest BCUT2D eigenvalue weighted by Gasteiger charge is 2.34. The largest absolute Gasteiger partial charge is 0.274 e. The van der Waals surface area contributed by atoms with E-state index in [0.29, 0.717) is 0 Å². The average Bonchev–Trinajstić information content (AvgIpc) is 2.55. The second-order valence-electron chi connectivity index (χ2n) is 3.30. The Hall–Kier alpha value is -1.68. The van der Waals surface area contributed by atoms with Crippen LogP contribution in [0.5, 0.6) is 0 Å². The second-order valence-corrected chi connectivity index (χ2v) is 3.30. The van der Waals surface area contributed by atoms with E-state index in [1.54, 1.807) is 0 Å². The molecule has 0 unspecified atom stereocenters. The fourth-order valence-corrected chi connectivity index (χ4v) is 1.83. The summed E-state index contributed by atoms with van der Waals surface area (Å²) >= 11 is 0. The van der Waals surface area contributed by atoms with E-state index in [2.05, 4.69) is 10.4 Å². The minimum atomic E-state index is -0.000880. The Morgan fingerprint density at radius 1 is 1.29 bits per heavy atom. The number of amidine groups is 1. The molecule has 0 aliphatic carbocycles. The quantitative estimate of drug-likeness (QED) is 0.639. The maximum absolute atomic E-state index is 11.8. The van der Waals surface area contributed by atoms with Crippen LogP contribution in [0.15, 0.2) is 29.3 Å². The first-order chi connectivity index (χ1) is 6.88. The molecule has 0 fully saturated rings. The summed E-state index contributed by atoms with van der Waals surface area (Å²) in [7, 11) is 0. The molecular formula is C10H9N3O. The number of hydrogen-bond donors (Lipinski definition) is 1. The summed E-state index contributed by atoms with van der Waals surface area (Å²) < 4.78 is 0. The van der Waals surface area contributed by atoms with Gasteiger partial charge in [-0.15, -0.1) is 0 Å². The summed E-state index contributed by atoms with van der Waals surface area (Å²) in [4.78, 5) is 16.2. The summed E-state index contributed by atoms with van der Waals surface area (Å²) in [5, 5.41) is 1.54. The van der Waals surface area contributed by atoms with Gasteiger partial charge in [0, 0.05) is 12.1 Å². The highest BCUT2D eigenvalue weighted by molar-refractivity contribution is 6.23. The number of nitrogens with zero attached hydrogens (tertiary/aromatic N) is 2. The molecule has 14 heavy (non-hydrogen) atoms. The number of aliphatic imine (C=N–C) groups is 1. The van der Waals surface area contributed by atoms with E-state index in [9.17, 15) is 4.79 Å². The van der Waals surface area contributed by atoms with E-state index >= 15 is 0 Å². The fourth-order valence-electron chi connectivity index (χ4n) is 1.83. The Labute approximate surface area is 81.2 Å². The third-order valence-corrected chi connectivity index (χ3v) is 2.46. The van der Waals surface area contributed by atoms with Crippen LogP contribution >= 0.6 is 0 Å². The third-order valence-electron chi connectivity index (χ3n) is 2.46. The summed E-state index contributed by atoms with van der Waals surface area (Å²) in [6, 6.07) is 7.56. The lowest BCUT2D eigenvalue weighted by Gasteiger charge is -2.21. The topological polar surface area (TPSA) is 44.7 Å². The van der Waals surface area contributed by atoms with Crippen molar-refractivity contribution in [3.63, 3.8) is 0 Å². The maximum atomic E-state index is 11.8. The Morgan fingerprint density at radius 3 is 2.93 bits per heavy atom. The molecule has 0 radical (unpaired) electrons. The van der Waals surface area contributed by atoms with E-state index in [-0.39, 0.29) is 5.91 Å². The summed E-state index contributed by atoms with van der Waals surface area (Å²) in [6.07, 6.45) is 0. The van der Waals surface area contributed by atoms with Crippen molar-refractivity contribution < 1.29 is 4.79 Å². The summed E-state index contributed by atoms with van der Waals surface area (Å²) in [6.45, 7) is 1.46. The standard InChI is InChI=1S/C10H9N3O/c14-10-8-4-2-1-3-7(8)9-11-5-6-12-13(9)10/h1-4,12H,5-6H2. The molecule has 0 atom stereocenters. The van der Waals surface area contributed by atoms with Crippen molar-refractivity contribution >= 4 is 11.7 Å². The van der Waals surface area contributed by atoms with Gasteiger partial charge in [-0.2, -0.15) is 0 Å². The molecule has 4 nitrogen and oxygen atoms in total. The number of rotatable bonds is 0. The Bertz CT molecular complexity index is 439. The molecule has 4 heteroatoms. The molecular weight excluding hydrogens is 178 g/mol. The van der Waals surface area contributed by atoms with E-state index in [1.807, 2.05) is 24.3 Å². The molecule has 2 heterocycles. The first kappa shape index (κ1) is 7.70. The van der Waals surface area contributed by atoms with E-state index in [1.165, 1.54) is 5.01 Å². The van der Waals surface area contributed by atoms with Gasteiger partial charge in [0.1, 0.15) is 0 Å². The Balaban J connectivity index is 2.23. The molecule has 1 aromatic rings. The normalized spacial score (nSPS) is 19.0. The number of benzene rings is 1. The zero-order valence-corrected chi connectivity index (χ0v) is 7.53. The van der Waals surface area contributed by atoms with Crippen molar-refractivity contribution in [3.8, 4) is 0 Å². The molecule has 2 aliphatic rings. The maximum Gasteiger partial charge on any atom is 0.274 e. The zero-order chi connectivity index (χ0) is 9.54. The molecule has 0 saturated heterocycles.